The molecule has 2 aromatic rings. The highest BCUT2D eigenvalue weighted by atomic mass is 16.5. The Hall–Kier alpha value is -1.81. The third-order valence-electron chi connectivity index (χ3n) is 3.69. The topological polar surface area (TPSA) is 39.1 Å². The van der Waals surface area contributed by atoms with Crippen LogP contribution in [0.1, 0.15) is 44.0 Å². The number of aromatic nitrogens is 2. The van der Waals surface area contributed by atoms with Crippen LogP contribution in [0.5, 0.6) is 5.75 Å². The predicted octanol–water partition coefficient (Wildman–Crippen LogP) is 3.54. The smallest absolute Gasteiger partial charge is 0.123 e. The summed E-state index contributed by atoms with van der Waals surface area (Å²) in [6.45, 7) is 6.14. The van der Waals surface area contributed by atoms with Crippen LogP contribution >= 0.6 is 0 Å². The molecule has 0 saturated heterocycles. The van der Waals surface area contributed by atoms with E-state index < -0.39 is 0 Å². The van der Waals surface area contributed by atoms with Gasteiger partial charge in [0, 0.05) is 30.9 Å². The molecule has 2 rings (SSSR count). The summed E-state index contributed by atoms with van der Waals surface area (Å²) in [7, 11) is 1.72. The molecule has 114 valence electrons. The average molecular weight is 287 g/mol. The van der Waals surface area contributed by atoms with E-state index in [-0.39, 0.29) is 6.04 Å². The van der Waals surface area contributed by atoms with Gasteiger partial charge in [-0.2, -0.15) is 5.10 Å². The first-order valence-corrected chi connectivity index (χ1v) is 7.67. The maximum Gasteiger partial charge on any atom is 0.123 e. The van der Waals surface area contributed by atoms with Crippen molar-refractivity contribution in [3.8, 4) is 5.75 Å². The Bertz CT molecular complexity index is 550. The van der Waals surface area contributed by atoms with Gasteiger partial charge in [-0.25, -0.2) is 0 Å². The van der Waals surface area contributed by atoms with E-state index in [9.17, 15) is 0 Å². The number of benzene rings is 1. The molecule has 21 heavy (non-hydrogen) atoms. The maximum absolute atomic E-state index is 5.47. The fourth-order valence-electron chi connectivity index (χ4n) is 2.58. The lowest BCUT2D eigenvalue weighted by Gasteiger charge is -2.20. The van der Waals surface area contributed by atoms with Crippen molar-refractivity contribution in [2.45, 2.75) is 45.8 Å². The number of hydrogen-bond acceptors (Lipinski definition) is 3. The van der Waals surface area contributed by atoms with E-state index in [1.807, 2.05) is 18.3 Å². The zero-order valence-corrected chi connectivity index (χ0v) is 13.2. The SMILES string of the molecule is CCCn1nccc1CNC(CC)c1ccccc1OC. The summed E-state index contributed by atoms with van der Waals surface area (Å²) in [5.41, 5.74) is 2.44. The number of ether oxygens (including phenoxy) is 1. The van der Waals surface area contributed by atoms with Crippen molar-refractivity contribution in [3.63, 3.8) is 0 Å². The molecular weight excluding hydrogens is 262 g/mol. The molecule has 1 unspecified atom stereocenters. The number of hydrogen-bond donors (Lipinski definition) is 1. The van der Waals surface area contributed by atoms with Crippen molar-refractivity contribution < 1.29 is 4.74 Å². The third-order valence-corrected chi connectivity index (χ3v) is 3.69. The normalized spacial score (nSPS) is 12.3. The van der Waals surface area contributed by atoms with Gasteiger partial charge in [0.05, 0.1) is 12.8 Å². The standard InChI is InChI=1S/C17H25N3O/c1-4-12-20-14(10-11-19-20)13-18-16(5-2)15-8-6-7-9-17(15)21-3/h6-11,16,18H,4-5,12-13H2,1-3H3. The highest BCUT2D eigenvalue weighted by Crippen LogP contribution is 2.27. The molecule has 4 nitrogen and oxygen atoms in total. The van der Waals surface area contributed by atoms with Crippen LogP contribution in [-0.4, -0.2) is 16.9 Å². The Morgan fingerprint density at radius 3 is 2.76 bits per heavy atom. The van der Waals surface area contributed by atoms with Gasteiger partial charge in [-0.3, -0.25) is 4.68 Å². The van der Waals surface area contributed by atoms with Crippen LogP contribution in [0.3, 0.4) is 0 Å². The lowest BCUT2D eigenvalue weighted by atomic mass is 10.0. The number of nitrogens with one attached hydrogen (secondary N) is 1. The van der Waals surface area contributed by atoms with Crippen molar-refractivity contribution in [1.29, 1.82) is 0 Å². The van der Waals surface area contributed by atoms with Gasteiger partial charge in [0.25, 0.3) is 0 Å². The first-order valence-electron chi connectivity index (χ1n) is 7.67. The van der Waals surface area contributed by atoms with Crippen LogP contribution in [0.2, 0.25) is 0 Å². The summed E-state index contributed by atoms with van der Waals surface area (Å²) >= 11 is 0. The average Bonchev–Trinajstić information content (AvgIpc) is 2.96. The lowest BCUT2D eigenvalue weighted by Crippen LogP contribution is -2.22. The van der Waals surface area contributed by atoms with Crippen LogP contribution in [-0.2, 0) is 13.1 Å². The molecular formula is C17H25N3O. The van der Waals surface area contributed by atoms with Crippen LogP contribution in [0.25, 0.3) is 0 Å². The highest BCUT2D eigenvalue weighted by molar-refractivity contribution is 5.35. The minimum Gasteiger partial charge on any atom is -0.496 e. The van der Waals surface area contributed by atoms with Crippen LogP contribution in [0, 0.1) is 0 Å². The molecule has 0 radical (unpaired) electrons. The number of methoxy groups -OCH3 is 1. The molecule has 0 aliphatic carbocycles. The van der Waals surface area contributed by atoms with E-state index in [4.69, 9.17) is 4.74 Å². The quantitative estimate of drug-likeness (QED) is 0.807. The summed E-state index contributed by atoms with van der Waals surface area (Å²) in [5, 5.41) is 7.99. The van der Waals surface area contributed by atoms with Crippen LogP contribution in [0.15, 0.2) is 36.5 Å². The third kappa shape index (κ3) is 3.85. The summed E-state index contributed by atoms with van der Waals surface area (Å²) in [5.74, 6) is 0.943. The zero-order chi connectivity index (χ0) is 15.1. The second kappa shape index (κ2) is 7.84. The number of para-hydroxylation sites is 1. The van der Waals surface area contributed by atoms with Gasteiger partial charge in [0.15, 0.2) is 0 Å². The predicted molar refractivity (Wildman–Crippen MR) is 85.4 cm³/mol. The second-order valence-electron chi connectivity index (χ2n) is 5.13. The van der Waals surface area contributed by atoms with E-state index >= 15 is 0 Å². The Kier molecular flexibility index (Phi) is 5.81. The highest BCUT2D eigenvalue weighted by Gasteiger charge is 2.14. The molecule has 1 aromatic carbocycles. The van der Waals surface area contributed by atoms with Gasteiger partial charge in [-0.15, -0.1) is 0 Å². The Morgan fingerprint density at radius 1 is 1.24 bits per heavy atom. The van der Waals surface area contributed by atoms with Gasteiger partial charge in [-0.05, 0) is 25.0 Å². The molecule has 0 bridgehead atoms. The van der Waals surface area contributed by atoms with E-state index in [0.29, 0.717) is 0 Å². The van der Waals surface area contributed by atoms with E-state index in [0.717, 1.165) is 31.7 Å². The minimum absolute atomic E-state index is 0.283. The molecule has 0 aliphatic rings. The van der Waals surface area contributed by atoms with Gasteiger partial charge in [0.2, 0.25) is 0 Å². The molecule has 0 amide bonds. The molecule has 1 heterocycles. The fraction of sp³-hybridized carbons (Fsp3) is 0.471. The van der Waals surface area contributed by atoms with Gasteiger partial charge in [-0.1, -0.05) is 32.0 Å². The molecule has 0 spiro atoms. The maximum atomic E-state index is 5.47. The second-order valence-corrected chi connectivity index (χ2v) is 5.13. The van der Waals surface area contributed by atoms with Gasteiger partial charge < -0.3 is 10.1 Å². The van der Waals surface area contributed by atoms with Gasteiger partial charge in [0.1, 0.15) is 5.75 Å². The monoisotopic (exact) mass is 287 g/mol. The molecule has 0 fully saturated rings. The Balaban J connectivity index is 2.07. The van der Waals surface area contributed by atoms with E-state index in [2.05, 4.69) is 47.1 Å². The van der Waals surface area contributed by atoms with E-state index in [1.54, 1.807) is 7.11 Å². The number of nitrogens with zero attached hydrogens (tertiary/aromatic N) is 2. The summed E-state index contributed by atoms with van der Waals surface area (Å²) in [6.07, 6.45) is 3.98. The fourth-order valence-corrected chi connectivity index (χ4v) is 2.58. The molecule has 1 aromatic heterocycles. The van der Waals surface area contributed by atoms with Crippen molar-refractivity contribution >= 4 is 0 Å². The van der Waals surface area contributed by atoms with Crippen LogP contribution < -0.4 is 10.1 Å². The van der Waals surface area contributed by atoms with Crippen molar-refractivity contribution in [2.75, 3.05) is 7.11 Å². The molecule has 1 N–H and O–H groups in total. The summed E-state index contributed by atoms with van der Waals surface area (Å²) < 4.78 is 7.54. The molecule has 0 aliphatic heterocycles. The molecule has 4 heteroatoms. The Labute approximate surface area is 127 Å². The number of rotatable bonds is 8. The van der Waals surface area contributed by atoms with Crippen molar-refractivity contribution in [3.05, 3.63) is 47.8 Å². The summed E-state index contributed by atoms with van der Waals surface area (Å²) in [6, 6.07) is 10.6. The Morgan fingerprint density at radius 2 is 2.05 bits per heavy atom. The largest absolute Gasteiger partial charge is 0.496 e. The van der Waals surface area contributed by atoms with Gasteiger partial charge >= 0.3 is 0 Å². The minimum atomic E-state index is 0.283. The first kappa shape index (κ1) is 15.6. The van der Waals surface area contributed by atoms with E-state index in [1.165, 1.54) is 11.3 Å². The zero-order valence-electron chi connectivity index (χ0n) is 13.2. The van der Waals surface area contributed by atoms with Crippen molar-refractivity contribution in [2.24, 2.45) is 0 Å². The first-order chi connectivity index (χ1) is 10.3. The number of aryl methyl sites for hydroxylation is 1. The molecule has 0 saturated carbocycles. The molecule has 1 atom stereocenters. The summed E-state index contributed by atoms with van der Waals surface area (Å²) in [4.78, 5) is 0. The lowest BCUT2D eigenvalue weighted by molar-refractivity contribution is 0.395. The van der Waals surface area contributed by atoms with Crippen molar-refractivity contribution in [1.82, 2.24) is 15.1 Å². The van der Waals surface area contributed by atoms with Crippen LogP contribution in [0.4, 0.5) is 0 Å².